The van der Waals surface area contributed by atoms with Gasteiger partial charge in [0.15, 0.2) is 0 Å². The van der Waals surface area contributed by atoms with Gasteiger partial charge in [0.25, 0.3) is 5.69 Å². The first-order chi connectivity index (χ1) is 6.68. The highest BCUT2D eigenvalue weighted by molar-refractivity contribution is 5.37. The van der Waals surface area contributed by atoms with E-state index in [1.807, 2.05) is 6.07 Å². The van der Waals surface area contributed by atoms with E-state index in [1.54, 1.807) is 12.1 Å². The van der Waals surface area contributed by atoms with Crippen LogP contribution in [0.2, 0.25) is 0 Å². The highest BCUT2D eigenvalue weighted by atomic mass is 16.6. The van der Waals surface area contributed by atoms with Crippen LogP contribution in [-0.2, 0) is 0 Å². The second-order valence-corrected chi connectivity index (χ2v) is 3.70. The van der Waals surface area contributed by atoms with Crippen molar-refractivity contribution in [2.24, 2.45) is 5.73 Å². The highest BCUT2D eigenvalue weighted by Crippen LogP contribution is 2.36. The van der Waals surface area contributed by atoms with E-state index >= 15 is 0 Å². The monoisotopic (exact) mass is 192 g/mol. The average Bonchev–Trinajstić information content (AvgIpc) is 2.16. The molecule has 0 aliphatic heterocycles. The van der Waals surface area contributed by atoms with Crippen LogP contribution in [-0.4, -0.2) is 11.0 Å². The summed E-state index contributed by atoms with van der Waals surface area (Å²) in [5.41, 5.74) is 6.96. The lowest BCUT2D eigenvalue weighted by molar-refractivity contribution is -0.384. The van der Waals surface area contributed by atoms with Gasteiger partial charge in [-0.2, -0.15) is 0 Å². The lowest BCUT2D eigenvalue weighted by Crippen LogP contribution is -2.37. The van der Waals surface area contributed by atoms with Crippen LogP contribution in [0.4, 0.5) is 5.69 Å². The van der Waals surface area contributed by atoms with Gasteiger partial charge in [0.1, 0.15) is 0 Å². The third-order valence-electron chi connectivity index (χ3n) is 2.84. The van der Waals surface area contributed by atoms with Crippen LogP contribution in [0.1, 0.15) is 24.3 Å². The van der Waals surface area contributed by atoms with Crippen molar-refractivity contribution < 1.29 is 4.92 Å². The molecule has 1 aromatic rings. The van der Waals surface area contributed by atoms with E-state index in [4.69, 9.17) is 5.73 Å². The van der Waals surface area contributed by atoms with Crippen molar-refractivity contribution >= 4 is 5.69 Å². The Hall–Kier alpha value is -1.42. The molecule has 0 radical (unpaired) electrons. The molecule has 1 aliphatic carbocycles. The van der Waals surface area contributed by atoms with Gasteiger partial charge >= 0.3 is 0 Å². The summed E-state index contributed by atoms with van der Waals surface area (Å²) in [6.45, 7) is 0. The number of nitrogens with two attached hydrogens (primary N) is 1. The third kappa shape index (κ3) is 1.48. The van der Waals surface area contributed by atoms with Crippen LogP contribution < -0.4 is 5.73 Å². The van der Waals surface area contributed by atoms with Gasteiger partial charge in [0, 0.05) is 18.2 Å². The number of rotatable bonds is 2. The lowest BCUT2D eigenvalue weighted by Gasteiger charge is -2.33. The summed E-state index contributed by atoms with van der Waals surface area (Å²) in [6, 6.07) is 6.95. The predicted octanol–water partition coefficient (Wildman–Crippen LogP) is 1.80. The largest absolute Gasteiger partial charge is 0.327 e. The SMILES string of the molecule is NC1CCC1c1cccc([N+](=O)[O-])c1. The summed E-state index contributed by atoms with van der Waals surface area (Å²) < 4.78 is 0. The number of nitrogens with zero attached hydrogens (tertiary/aromatic N) is 1. The molecule has 1 aromatic carbocycles. The molecule has 4 heteroatoms. The fourth-order valence-corrected chi connectivity index (χ4v) is 1.81. The molecule has 0 bridgehead atoms. The van der Waals surface area contributed by atoms with Crippen molar-refractivity contribution in [3.05, 3.63) is 39.9 Å². The summed E-state index contributed by atoms with van der Waals surface area (Å²) in [5, 5.41) is 10.5. The van der Waals surface area contributed by atoms with E-state index in [0.29, 0.717) is 5.92 Å². The van der Waals surface area contributed by atoms with Gasteiger partial charge in [-0.3, -0.25) is 10.1 Å². The fourth-order valence-electron chi connectivity index (χ4n) is 1.81. The van der Waals surface area contributed by atoms with Crippen molar-refractivity contribution in [1.82, 2.24) is 0 Å². The van der Waals surface area contributed by atoms with E-state index in [-0.39, 0.29) is 16.7 Å². The Morgan fingerprint density at radius 1 is 1.43 bits per heavy atom. The first-order valence-electron chi connectivity index (χ1n) is 4.68. The van der Waals surface area contributed by atoms with Gasteiger partial charge in [0.05, 0.1) is 4.92 Å². The molecule has 1 fully saturated rings. The van der Waals surface area contributed by atoms with Gasteiger partial charge in [-0.25, -0.2) is 0 Å². The Morgan fingerprint density at radius 2 is 2.21 bits per heavy atom. The first kappa shape index (κ1) is 9.15. The molecule has 0 heterocycles. The van der Waals surface area contributed by atoms with Crippen LogP contribution in [0.5, 0.6) is 0 Å². The Morgan fingerprint density at radius 3 is 2.71 bits per heavy atom. The van der Waals surface area contributed by atoms with Gasteiger partial charge in [-0.05, 0) is 24.3 Å². The zero-order valence-electron chi connectivity index (χ0n) is 7.72. The van der Waals surface area contributed by atoms with E-state index in [1.165, 1.54) is 6.07 Å². The minimum atomic E-state index is -0.367. The van der Waals surface area contributed by atoms with Crippen LogP contribution in [0.3, 0.4) is 0 Å². The average molecular weight is 192 g/mol. The number of benzene rings is 1. The highest BCUT2D eigenvalue weighted by Gasteiger charge is 2.29. The molecule has 4 nitrogen and oxygen atoms in total. The van der Waals surface area contributed by atoms with Gasteiger partial charge in [-0.1, -0.05) is 12.1 Å². The number of nitro benzene ring substituents is 1. The fraction of sp³-hybridized carbons (Fsp3) is 0.400. The van der Waals surface area contributed by atoms with E-state index in [2.05, 4.69) is 0 Å². The van der Waals surface area contributed by atoms with Crippen molar-refractivity contribution in [3.8, 4) is 0 Å². The Labute approximate surface area is 81.9 Å². The quantitative estimate of drug-likeness (QED) is 0.573. The van der Waals surface area contributed by atoms with Crippen molar-refractivity contribution in [3.63, 3.8) is 0 Å². The van der Waals surface area contributed by atoms with E-state index in [0.717, 1.165) is 18.4 Å². The van der Waals surface area contributed by atoms with Crippen LogP contribution >= 0.6 is 0 Å². The summed E-state index contributed by atoms with van der Waals surface area (Å²) in [7, 11) is 0. The van der Waals surface area contributed by atoms with Crippen molar-refractivity contribution in [2.75, 3.05) is 0 Å². The minimum absolute atomic E-state index is 0.154. The Balaban J connectivity index is 2.26. The van der Waals surface area contributed by atoms with Crippen LogP contribution in [0, 0.1) is 10.1 Å². The van der Waals surface area contributed by atoms with Gasteiger partial charge < -0.3 is 5.73 Å². The molecular formula is C10H12N2O2. The second kappa shape index (κ2) is 3.38. The Kier molecular flexibility index (Phi) is 2.21. The molecule has 1 saturated carbocycles. The topological polar surface area (TPSA) is 69.2 Å². The molecule has 74 valence electrons. The molecular weight excluding hydrogens is 180 g/mol. The smallest absolute Gasteiger partial charge is 0.269 e. The zero-order chi connectivity index (χ0) is 10.1. The maximum Gasteiger partial charge on any atom is 0.269 e. The molecule has 2 unspecified atom stereocenters. The molecule has 2 rings (SSSR count). The van der Waals surface area contributed by atoms with Gasteiger partial charge in [0.2, 0.25) is 0 Å². The number of hydrogen-bond donors (Lipinski definition) is 1. The van der Waals surface area contributed by atoms with E-state index in [9.17, 15) is 10.1 Å². The van der Waals surface area contributed by atoms with Crippen molar-refractivity contribution in [1.29, 1.82) is 0 Å². The normalized spacial score (nSPS) is 25.5. The summed E-state index contributed by atoms with van der Waals surface area (Å²) in [6.07, 6.45) is 2.07. The second-order valence-electron chi connectivity index (χ2n) is 3.70. The molecule has 2 N–H and O–H groups in total. The van der Waals surface area contributed by atoms with Crippen molar-refractivity contribution in [2.45, 2.75) is 24.8 Å². The molecule has 0 saturated heterocycles. The third-order valence-corrected chi connectivity index (χ3v) is 2.84. The Bertz CT molecular complexity index is 365. The minimum Gasteiger partial charge on any atom is -0.327 e. The summed E-state index contributed by atoms with van der Waals surface area (Å²) in [4.78, 5) is 10.2. The number of hydrogen-bond acceptors (Lipinski definition) is 3. The number of nitro groups is 1. The standard InChI is InChI=1S/C10H12N2O2/c11-10-5-4-9(10)7-2-1-3-8(6-7)12(13)14/h1-3,6,9-10H,4-5,11H2. The predicted molar refractivity (Wildman–Crippen MR) is 53.0 cm³/mol. The maximum atomic E-state index is 10.5. The lowest BCUT2D eigenvalue weighted by atomic mass is 9.75. The number of non-ortho nitro benzene ring substituents is 1. The van der Waals surface area contributed by atoms with Gasteiger partial charge in [-0.15, -0.1) is 0 Å². The van der Waals surface area contributed by atoms with E-state index < -0.39 is 0 Å². The van der Waals surface area contributed by atoms with Crippen LogP contribution in [0.15, 0.2) is 24.3 Å². The zero-order valence-corrected chi connectivity index (χ0v) is 7.72. The molecule has 1 aliphatic rings. The first-order valence-corrected chi connectivity index (χ1v) is 4.68. The molecule has 0 spiro atoms. The van der Waals surface area contributed by atoms with Crippen LogP contribution in [0.25, 0.3) is 0 Å². The maximum absolute atomic E-state index is 10.5. The molecule has 2 atom stereocenters. The summed E-state index contributed by atoms with van der Waals surface area (Å²) >= 11 is 0. The molecule has 14 heavy (non-hydrogen) atoms. The summed E-state index contributed by atoms with van der Waals surface area (Å²) in [5.74, 6) is 0.315. The molecule has 0 aromatic heterocycles. The molecule has 0 amide bonds.